The van der Waals surface area contributed by atoms with Crippen LogP contribution in [0, 0.1) is 22.7 Å². The molecule has 4 aromatic carbocycles. The number of carbonyl (C=O) groups is 2. The lowest BCUT2D eigenvalue weighted by atomic mass is 9.95. The van der Waals surface area contributed by atoms with E-state index in [4.69, 9.17) is 19.5 Å². The Labute approximate surface area is 483 Å². The lowest BCUT2D eigenvalue weighted by Gasteiger charge is -2.35. The summed E-state index contributed by atoms with van der Waals surface area (Å²) in [6.45, 7) is 10.2. The third kappa shape index (κ3) is 17.4. The Morgan fingerprint density at radius 1 is 0.573 bits per heavy atom. The number of aliphatic hydroxyl groups excluding tert-OH is 2. The van der Waals surface area contributed by atoms with Gasteiger partial charge in [0.1, 0.15) is 12.1 Å². The van der Waals surface area contributed by atoms with Crippen LogP contribution < -0.4 is 9.80 Å². The highest BCUT2D eigenvalue weighted by Crippen LogP contribution is 2.43. The van der Waals surface area contributed by atoms with Crippen LogP contribution in [0.2, 0.25) is 0 Å². The van der Waals surface area contributed by atoms with E-state index in [1.165, 1.54) is 47.8 Å². The molecule has 2 N–H and O–H groups in total. The Morgan fingerprint density at radius 3 is 1.28 bits per heavy atom. The number of amidine groups is 2. The van der Waals surface area contributed by atoms with Crippen molar-refractivity contribution in [2.24, 2.45) is 9.98 Å². The molecule has 4 aromatic rings. The van der Waals surface area contributed by atoms with Crippen LogP contribution in [0.5, 0.6) is 0 Å². The smallest absolute Gasteiger partial charge is 0.416 e. The first-order valence-electron chi connectivity index (χ1n) is 27.2. The van der Waals surface area contributed by atoms with Crippen LogP contribution in [0.4, 0.5) is 37.7 Å². The van der Waals surface area contributed by atoms with Crippen LogP contribution in [-0.2, 0) is 31.4 Å². The zero-order valence-electron chi connectivity index (χ0n) is 46.3. The van der Waals surface area contributed by atoms with E-state index in [2.05, 4.69) is 21.9 Å². The van der Waals surface area contributed by atoms with E-state index in [1.807, 2.05) is 0 Å². The van der Waals surface area contributed by atoms with Gasteiger partial charge in [0.25, 0.3) is 0 Å². The molecule has 0 aromatic heterocycles. The van der Waals surface area contributed by atoms with Gasteiger partial charge in [0.15, 0.2) is 10.3 Å². The quantitative estimate of drug-likeness (QED) is 0.0327. The van der Waals surface area contributed by atoms with Crippen molar-refractivity contribution in [1.82, 2.24) is 9.80 Å². The number of halogens is 6. The Hall–Kier alpha value is -6.66. The first-order chi connectivity index (χ1) is 39.4. The molecule has 2 aliphatic rings. The molecule has 0 saturated carbocycles. The zero-order chi connectivity index (χ0) is 59.4. The molecule has 0 bridgehead atoms. The minimum absolute atomic E-state index is 0.0517. The molecule has 82 heavy (non-hydrogen) atoms. The summed E-state index contributed by atoms with van der Waals surface area (Å²) in [5.41, 5.74) is 1.76. The van der Waals surface area contributed by atoms with Gasteiger partial charge in [-0.25, -0.2) is 19.6 Å². The summed E-state index contributed by atoms with van der Waals surface area (Å²) in [7, 11) is 0. The topological polar surface area (TPSA) is 178 Å². The first kappa shape index (κ1) is 64.5. The molecule has 22 heteroatoms. The third-order valence-corrected chi connectivity index (χ3v) is 15.8. The zero-order valence-corrected chi connectivity index (χ0v) is 47.9. The normalized spacial score (nSPS) is 15.9. The van der Waals surface area contributed by atoms with E-state index in [9.17, 15) is 56.7 Å². The average Bonchev–Trinajstić information content (AvgIpc) is 3.46. The molecule has 2 atom stereocenters. The predicted octanol–water partition coefficient (Wildman–Crippen LogP) is 12.1. The molecular formula is C60H68F6N8O6S2. The maximum atomic E-state index is 14.0. The molecule has 6 rings (SSSR count). The number of benzene rings is 4. The van der Waals surface area contributed by atoms with Crippen molar-refractivity contribution in [3.63, 3.8) is 0 Å². The highest BCUT2D eigenvalue weighted by molar-refractivity contribution is 8.14. The van der Waals surface area contributed by atoms with Gasteiger partial charge < -0.3 is 19.7 Å². The summed E-state index contributed by atoms with van der Waals surface area (Å²) in [5, 5.41) is 39.7. The number of aliphatic hydroxyl groups is 2. The largest absolute Gasteiger partial charge is 0.463 e. The number of nitriles is 2. The van der Waals surface area contributed by atoms with Crippen LogP contribution in [-0.4, -0.2) is 119 Å². The van der Waals surface area contributed by atoms with Gasteiger partial charge in [-0.15, -0.1) is 0 Å². The molecule has 0 spiro atoms. The first-order valence-corrected chi connectivity index (χ1v) is 29.1. The van der Waals surface area contributed by atoms with Gasteiger partial charge in [0.2, 0.25) is 0 Å². The van der Waals surface area contributed by atoms with Crippen molar-refractivity contribution in [3.05, 3.63) is 153 Å². The minimum atomic E-state index is -4.62. The van der Waals surface area contributed by atoms with Crippen LogP contribution in [0.15, 0.2) is 130 Å². The van der Waals surface area contributed by atoms with E-state index < -0.39 is 47.5 Å². The number of allylic oxidation sites excluding steroid dienone is 2. The second-order valence-electron chi connectivity index (χ2n) is 19.3. The number of thioether (sulfide) groups is 2. The van der Waals surface area contributed by atoms with Crippen LogP contribution in [0.3, 0.4) is 0 Å². The number of carbonyl (C=O) groups excluding carboxylic acids is 2. The number of anilines is 2. The fourth-order valence-corrected chi connectivity index (χ4v) is 11.7. The van der Waals surface area contributed by atoms with Crippen molar-refractivity contribution in [1.29, 1.82) is 10.5 Å². The molecule has 2 unspecified atom stereocenters. The molecule has 2 aliphatic heterocycles. The Kier molecular flexibility index (Phi) is 24.5. The number of alkyl halides is 6. The third-order valence-electron chi connectivity index (χ3n) is 13.7. The Morgan fingerprint density at radius 2 is 0.951 bits per heavy atom. The number of rotatable bonds is 27. The molecule has 0 radical (unpaired) electrons. The molecule has 0 fully saturated rings. The molecule has 438 valence electrons. The SMILES string of the molecule is CCOC(=O)C1=C(C)N(c2cccc(C(F)(F)F)c2)C(SCCCCCN(CCO)CCN(CCO)CCCCCSC2=NC(c3ccc(C#N)cc3)C(C(=O)OCC)=C(C)N2c2cccc(C(F)(F)F)c2)=NC1c1ccc(C#N)cc1. The molecule has 0 aliphatic carbocycles. The van der Waals surface area contributed by atoms with Gasteiger partial charge in [0.05, 0.1) is 72.0 Å². The van der Waals surface area contributed by atoms with Gasteiger partial charge in [-0.1, -0.05) is 72.8 Å². The van der Waals surface area contributed by atoms with Crippen LogP contribution in [0.1, 0.15) is 112 Å². The van der Waals surface area contributed by atoms with E-state index in [0.717, 1.165) is 62.8 Å². The maximum absolute atomic E-state index is 14.0. The summed E-state index contributed by atoms with van der Waals surface area (Å²) in [6.07, 6.45) is -4.66. The van der Waals surface area contributed by atoms with Gasteiger partial charge in [0, 0.05) is 60.5 Å². The number of hydrogen-bond donors (Lipinski definition) is 2. The van der Waals surface area contributed by atoms with Gasteiger partial charge in [-0.05, 0) is 138 Å². The van der Waals surface area contributed by atoms with E-state index in [-0.39, 0.29) is 48.9 Å². The second kappa shape index (κ2) is 31.1. The van der Waals surface area contributed by atoms with Crippen molar-refractivity contribution in [3.8, 4) is 12.1 Å². The monoisotopic (exact) mass is 1170 g/mol. The summed E-state index contributed by atoms with van der Waals surface area (Å²) < 4.78 is 95.0. The lowest BCUT2D eigenvalue weighted by molar-refractivity contribution is -0.139. The highest BCUT2D eigenvalue weighted by Gasteiger charge is 2.39. The second-order valence-corrected chi connectivity index (χ2v) is 21.4. The number of esters is 2. The van der Waals surface area contributed by atoms with Gasteiger partial charge in [-0.3, -0.25) is 19.6 Å². The van der Waals surface area contributed by atoms with Crippen molar-refractivity contribution in [2.75, 3.05) is 87.0 Å². The van der Waals surface area contributed by atoms with Crippen molar-refractivity contribution in [2.45, 2.75) is 90.7 Å². The summed E-state index contributed by atoms with van der Waals surface area (Å²) >= 11 is 2.73. The van der Waals surface area contributed by atoms with Crippen molar-refractivity contribution < 1.29 is 55.6 Å². The highest BCUT2D eigenvalue weighted by atomic mass is 32.2. The number of aliphatic imine (C=N–C) groups is 2. The van der Waals surface area contributed by atoms with Gasteiger partial charge >= 0.3 is 24.3 Å². The molecule has 0 saturated heterocycles. The van der Waals surface area contributed by atoms with Crippen LogP contribution in [0.25, 0.3) is 0 Å². The lowest BCUT2D eigenvalue weighted by Crippen LogP contribution is -2.38. The number of hydrogen-bond acceptors (Lipinski definition) is 16. The number of unbranched alkanes of at least 4 members (excludes halogenated alkanes) is 4. The predicted molar refractivity (Wildman–Crippen MR) is 309 cm³/mol. The molecule has 0 amide bonds. The maximum Gasteiger partial charge on any atom is 0.416 e. The molecular weight excluding hydrogens is 1110 g/mol. The number of ether oxygens (including phenoxy) is 2. The Balaban J connectivity index is 1.05. The fourth-order valence-electron chi connectivity index (χ4n) is 9.53. The Bertz CT molecular complexity index is 2810. The summed E-state index contributed by atoms with van der Waals surface area (Å²) in [4.78, 5) is 44.6. The van der Waals surface area contributed by atoms with Gasteiger partial charge in [-0.2, -0.15) is 36.9 Å². The minimum Gasteiger partial charge on any atom is -0.463 e. The summed E-state index contributed by atoms with van der Waals surface area (Å²) in [6, 6.07) is 25.5. The molecule has 2 heterocycles. The van der Waals surface area contributed by atoms with Crippen molar-refractivity contribution >= 4 is 57.2 Å². The molecule has 14 nitrogen and oxygen atoms in total. The number of nitrogens with zero attached hydrogens (tertiary/aromatic N) is 8. The van der Waals surface area contributed by atoms with E-state index >= 15 is 0 Å². The fraction of sp³-hybridized carbons (Fsp3) is 0.433. The van der Waals surface area contributed by atoms with E-state index in [0.29, 0.717) is 94.8 Å². The summed E-state index contributed by atoms with van der Waals surface area (Å²) in [5.74, 6) is -0.211. The standard InChI is InChI=1S/C60H68F6N8O6S2/c1-5-79-55(77)51-41(3)73(49-17-13-15-47(37-49)59(61,62)63)57(69-53(51)45-23-19-43(39-67)20-24-45)81-35-11-7-9-27-71(31-33-75)29-30-72(32-34-76)28-10-8-12-36-82-58-70-54(46-25-21-44(40-68)22-26-46)52(56(78)80-6-2)42(4)74(58)50-18-14-16-48(38-50)60(64,65)66/h13-26,37-38,53-54,75-76H,5-12,27-36H2,1-4H3. The average molecular weight is 1180 g/mol. The van der Waals surface area contributed by atoms with Crippen LogP contribution >= 0.6 is 23.5 Å². The van der Waals surface area contributed by atoms with E-state index in [1.54, 1.807) is 86.0 Å².